The average Bonchev–Trinajstić information content (AvgIpc) is 2.93. The van der Waals surface area contributed by atoms with Gasteiger partial charge in [-0.2, -0.15) is 0 Å². The fourth-order valence-electron chi connectivity index (χ4n) is 5.08. The van der Waals surface area contributed by atoms with Crippen LogP contribution in [0, 0.1) is 11.3 Å². The molecule has 7 heteroatoms. The van der Waals surface area contributed by atoms with E-state index in [1.807, 2.05) is 0 Å². The summed E-state index contributed by atoms with van der Waals surface area (Å²) < 4.78 is 0. The number of piperidine rings is 1. The molecule has 0 atom stereocenters. The highest BCUT2D eigenvalue weighted by Crippen LogP contribution is 2.45. The zero-order chi connectivity index (χ0) is 21.1. The van der Waals surface area contributed by atoms with Crippen LogP contribution in [-0.4, -0.2) is 65.9 Å². The number of rotatable bonds is 7. The van der Waals surface area contributed by atoms with Gasteiger partial charge in [0.25, 0.3) is 5.91 Å². The van der Waals surface area contributed by atoms with E-state index in [9.17, 15) is 14.4 Å². The van der Waals surface area contributed by atoms with Crippen LogP contribution in [0.2, 0.25) is 0 Å². The zero-order valence-corrected chi connectivity index (χ0v) is 18.4. The highest BCUT2D eigenvalue weighted by molar-refractivity contribution is 6.09. The number of carbonyl (C=O) groups excluding carboxylic acids is 3. The zero-order valence-electron chi connectivity index (χ0n) is 18.4. The molecule has 0 aromatic rings. The summed E-state index contributed by atoms with van der Waals surface area (Å²) in [5.74, 6) is 0.0831. The Morgan fingerprint density at radius 1 is 1.17 bits per heavy atom. The van der Waals surface area contributed by atoms with E-state index < -0.39 is 11.6 Å². The predicted molar refractivity (Wildman–Crippen MR) is 112 cm³/mol. The van der Waals surface area contributed by atoms with Crippen molar-refractivity contribution >= 4 is 17.8 Å². The molecule has 0 aromatic heterocycles. The van der Waals surface area contributed by atoms with Gasteiger partial charge in [0, 0.05) is 13.1 Å². The molecule has 0 radical (unpaired) electrons. The van der Waals surface area contributed by atoms with Gasteiger partial charge in [-0.15, -0.1) is 0 Å². The van der Waals surface area contributed by atoms with Crippen LogP contribution < -0.4 is 10.6 Å². The molecule has 0 unspecified atom stereocenters. The Morgan fingerprint density at radius 2 is 1.83 bits per heavy atom. The third-order valence-corrected chi connectivity index (χ3v) is 7.60. The molecule has 1 aliphatic carbocycles. The first-order chi connectivity index (χ1) is 13.8. The minimum atomic E-state index is -0.800. The molecule has 2 saturated heterocycles. The van der Waals surface area contributed by atoms with Crippen molar-refractivity contribution in [2.24, 2.45) is 11.3 Å². The molecule has 1 saturated carbocycles. The fraction of sp³-hybridized carbons (Fsp3) is 0.864. The molecule has 164 valence electrons. The number of nitrogens with one attached hydrogen (secondary N) is 2. The lowest BCUT2D eigenvalue weighted by atomic mass is 9.65. The highest BCUT2D eigenvalue weighted by atomic mass is 16.2. The largest absolute Gasteiger partial charge is 0.353 e. The van der Waals surface area contributed by atoms with Crippen LogP contribution in [0.15, 0.2) is 0 Å². The number of hydrogen-bond acceptors (Lipinski definition) is 4. The van der Waals surface area contributed by atoms with Crippen molar-refractivity contribution in [1.82, 2.24) is 20.4 Å². The maximum atomic E-state index is 13.0. The standard InChI is InChI=1S/C22H38N4O3/c1-4-21(2,3)17-8-10-22(11-9-17)19(28)26(20(29)24-22)16-18(27)23-12-15-25-13-6-5-7-14-25/h17H,4-16H2,1-3H3,(H,23,27)(H,24,29). The Hall–Kier alpha value is -1.63. The summed E-state index contributed by atoms with van der Waals surface area (Å²) in [6.07, 6.45) is 8.02. The molecular formula is C22H38N4O3. The lowest BCUT2D eigenvalue weighted by molar-refractivity contribution is -0.136. The monoisotopic (exact) mass is 406 g/mol. The number of nitrogens with zero attached hydrogens (tertiary/aromatic N) is 2. The lowest BCUT2D eigenvalue weighted by Gasteiger charge is -2.42. The summed E-state index contributed by atoms with van der Waals surface area (Å²) in [5.41, 5.74) is -0.549. The minimum Gasteiger partial charge on any atom is -0.353 e. The quantitative estimate of drug-likeness (QED) is 0.637. The molecule has 3 fully saturated rings. The van der Waals surface area contributed by atoms with Crippen LogP contribution in [-0.2, 0) is 9.59 Å². The summed E-state index contributed by atoms with van der Waals surface area (Å²) in [5, 5.41) is 5.79. The third kappa shape index (κ3) is 4.93. The Labute approximate surface area is 174 Å². The number of likely N-dealkylation sites (tertiary alicyclic amines) is 1. The molecule has 2 heterocycles. The van der Waals surface area contributed by atoms with Gasteiger partial charge in [0.15, 0.2) is 0 Å². The van der Waals surface area contributed by atoms with E-state index >= 15 is 0 Å². The van der Waals surface area contributed by atoms with Crippen LogP contribution in [0.3, 0.4) is 0 Å². The van der Waals surface area contributed by atoms with E-state index in [-0.39, 0.29) is 23.8 Å². The van der Waals surface area contributed by atoms with Gasteiger partial charge in [-0.05, 0) is 62.9 Å². The summed E-state index contributed by atoms with van der Waals surface area (Å²) in [7, 11) is 0. The van der Waals surface area contributed by atoms with Crippen LogP contribution >= 0.6 is 0 Å². The number of carbonyl (C=O) groups is 3. The van der Waals surface area contributed by atoms with Gasteiger partial charge in [-0.3, -0.25) is 14.5 Å². The second-order valence-corrected chi connectivity index (χ2v) is 9.77. The third-order valence-electron chi connectivity index (χ3n) is 7.60. The Kier molecular flexibility index (Phi) is 6.87. The number of urea groups is 1. The van der Waals surface area contributed by atoms with Gasteiger partial charge in [-0.25, -0.2) is 4.79 Å². The maximum Gasteiger partial charge on any atom is 0.325 e. The first-order valence-corrected chi connectivity index (χ1v) is 11.4. The smallest absolute Gasteiger partial charge is 0.325 e. The fourth-order valence-corrected chi connectivity index (χ4v) is 5.08. The molecule has 3 rings (SSSR count). The summed E-state index contributed by atoms with van der Waals surface area (Å²) in [6, 6.07) is -0.422. The van der Waals surface area contributed by atoms with Crippen LogP contribution in [0.25, 0.3) is 0 Å². The summed E-state index contributed by atoms with van der Waals surface area (Å²) in [4.78, 5) is 41.3. The van der Waals surface area contributed by atoms with Gasteiger partial charge in [0.2, 0.25) is 5.91 Å². The molecular weight excluding hydrogens is 368 g/mol. The van der Waals surface area contributed by atoms with Crippen LogP contribution in [0.4, 0.5) is 4.79 Å². The number of amides is 4. The van der Waals surface area contributed by atoms with Crippen molar-refractivity contribution in [3.8, 4) is 0 Å². The highest BCUT2D eigenvalue weighted by Gasteiger charge is 2.53. The number of imide groups is 1. The Balaban J connectivity index is 1.48. The van der Waals surface area contributed by atoms with Crippen LogP contribution in [0.1, 0.15) is 72.1 Å². The van der Waals surface area contributed by atoms with E-state index in [1.54, 1.807) is 0 Å². The molecule has 4 amide bonds. The van der Waals surface area contributed by atoms with Crippen molar-refractivity contribution < 1.29 is 14.4 Å². The first-order valence-electron chi connectivity index (χ1n) is 11.4. The van der Waals surface area contributed by atoms with Gasteiger partial charge < -0.3 is 15.5 Å². The van der Waals surface area contributed by atoms with Gasteiger partial charge in [0.1, 0.15) is 12.1 Å². The topological polar surface area (TPSA) is 81.8 Å². The molecule has 0 aromatic carbocycles. The molecule has 1 spiro atoms. The molecule has 7 nitrogen and oxygen atoms in total. The van der Waals surface area contributed by atoms with E-state index in [1.165, 1.54) is 19.3 Å². The molecule has 29 heavy (non-hydrogen) atoms. The number of hydrogen-bond donors (Lipinski definition) is 2. The second kappa shape index (κ2) is 9.02. The van der Waals surface area contributed by atoms with Gasteiger partial charge >= 0.3 is 6.03 Å². The van der Waals surface area contributed by atoms with Crippen LogP contribution in [0.5, 0.6) is 0 Å². The Morgan fingerprint density at radius 3 is 2.45 bits per heavy atom. The van der Waals surface area contributed by atoms with E-state index in [2.05, 4.69) is 36.3 Å². The molecule has 2 aliphatic heterocycles. The molecule has 2 N–H and O–H groups in total. The van der Waals surface area contributed by atoms with Crippen molar-refractivity contribution in [3.63, 3.8) is 0 Å². The SMILES string of the molecule is CCC(C)(C)C1CCC2(CC1)NC(=O)N(CC(=O)NCCN1CCCCC1)C2=O. The summed E-state index contributed by atoms with van der Waals surface area (Å²) in [6.45, 7) is 10.1. The Bertz CT molecular complexity index is 620. The molecule has 0 bridgehead atoms. The van der Waals surface area contributed by atoms with E-state index in [4.69, 9.17) is 0 Å². The average molecular weight is 407 g/mol. The second-order valence-electron chi connectivity index (χ2n) is 9.77. The minimum absolute atomic E-state index is 0.184. The molecule has 3 aliphatic rings. The van der Waals surface area contributed by atoms with Gasteiger partial charge in [0.05, 0.1) is 0 Å². The first kappa shape index (κ1) is 22.1. The van der Waals surface area contributed by atoms with Crippen molar-refractivity contribution in [1.29, 1.82) is 0 Å². The lowest BCUT2D eigenvalue weighted by Crippen LogP contribution is -2.51. The van der Waals surface area contributed by atoms with Crippen molar-refractivity contribution in [3.05, 3.63) is 0 Å². The van der Waals surface area contributed by atoms with E-state index in [0.29, 0.717) is 25.3 Å². The maximum absolute atomic E-state index is 13.0. The van der Waals surface area contributed by atoms with Gasteiger partial charge in [-0.1, -0.05) is 33.6 Å². The predicted octanol–water partition coefficient (Wildman–Crippen LogP) is 2.51. The van der Waals surface area contributed by atoms with E-state index in [0.717, 1.165) is 43.8 Å². The van der Waals surface area contributed by atoms with Crippen molar-refractivity contribution in [2.75, 3.05) is 32.7 Å². The van der Waals surface area contributed by atoms with Crippen molar-refractivity contribution in [2.45, 2.75) is 77.7 Å². The summed E-state index contributed by atoms with van der Waals surface area (Å²) >= 11 is 0. The normalized spacial score (nSPS) is 28.7.